The minimum Gasteiger partial charge on any atom is -0.504 e. The van der Waals surface area contributed by atoms with Gasteiger partial charge < -0.3 is 25.2 Å². The van der Waals surface area contributed by atoms with Crippen LogP contribution in [0.5, 0.6) is 11.5 Å². The summed E-state index contributed by atoms with van der Waals surface area (Å²) in [5.41, 5.74) is 1.10. The molecule has 3 N–H and O–H groups in total. The summed E-state index contributed by atoms with van der Waals surface area (Å²) in [5, 5.41) is 16.3. The van der Waals surface area contributed by atoms with Crippen molar-refractivity contribution in [1.29, 1.82) is 0 Å². The van der Waals surface area contributed by atoms with E-state index in [-0.39, 0.29) is 29.7 Å². The SMILES string of the molecule is CCNC(=NCCOC1CCCCCC1)NCCc1ccc(O)c(OC)c1.I. The van der Waals surface area contributed by atoms with E-state index in [9.17, 15) is 5.11 Å². The van der Waals surface area contributed by atoms with Crippen LogP contribution in [0.15, 0.2) is 23.2 Å². The van der Waals surface area contributed by atoms with Crippen LogP contribution in [0, 0.1) is 0 Å². The molecule has 0 unspecified atom stereocenters. The Labute approximate surface area is 186 Å². The molecule has 0 spiro atoms. The van der Waals surface area contributed by atoms with Crippen LogP contribution in [-0.2, 0) is 11.2 Å². The monoisotopic (exact) mass is 505 g/mol. The predicted molar refractivity (Wildman–Crippen MR) is 125 cm³/mol. The fourth-order valence-electron chi connectivity index (χ4n) is 3.33. The highest BCUT2D eigenvalue weighted by Crippen LogP contribution is 2.26. The van der Waals surface area contributed by atoms with Gasteiger partial charge in [-0.15, -0.1) is 24.0 Å². The maximum absolute atomic E-state index is 9.67. The number of phenols is 1. The topological polar surface area (TPSA) is 75.1 Å². The third kappa shape index (κ3) is 9.32. The summed E-state index contributed by atoms with van der Waals surface area (Å²) in [6, 6.07) is 5.43. The van der Waals surface area contributed by atoms with E-state index in [1.54, 1.807) is 13.2 Å². The normalized spacial score (nSPS) is 15.4. The number of rotatable bonds is 9. The minimum atomic E-state index is 0. The van der Waals surface area contributed by atoms with Gasteiger partial charge in [-0.2, -0.15) is 0 Å². The van der Waals surface area contributed by atoms with Crippen molar-refractivity contribution in [3.63, 3.8) is 0 Å². The van der Waals surface area contributed by atoms with Gasteiger partial charge in [-0.3, -0.25) is 4.99 Å². The molecule has 7 heteroatoms. The molecule has 1 fully saturated rings. The Bertz CT molecular complexity index is 576. The molecule has 0 saturated heterocycles. The number of methoxy groups -OCH3 is 1. The Morgan fingerprint density at radius 3 is 2.61 bits per heavy atom. The van der Waals surface area contributed by atoms with Crippen molar-refractivity contribution < 1.29 is 14.6 Å². The number of aromatic hydroxyl groups is 1. The summed E-state index contributed by atoms with van der Waals surface area (Å²) < 4.78 is 11.2. The summed E-state index contributed by atoms with van der Waals surface area (Å²) >= 11 is 0. The molecule has 1 saturated carbocycles. The van der Waals surface area contributed by atoms with Gasteiger partial charge in [0.15, 0.2) is 17.5 Å². The van der Waals surface area contributed by atoms with Gasteiger partial charge in [-0.25, -0.2) is 0 Å². The zero-order valence-electron chi connectivity index (χ0n) is 17.2. The lowest BCUT2D eigenvalue weighted by Crippen LogP contribution is -2.38. The zero-order valence-corrected chi connectivity index (χ0v) is 19.5. The molecule has 6 nitrogen and oxygen atoms in total. The van der Waals surface area contributed by atoms with Gasteiger partial charge in [0, 0.05) is 13.1 Å². The van der Waals surface area contributed by atoms with E-state index < -0.39 is 0 Å². The van der Waals surface area contributed by atoms with Crippen LogP contribution < -0.4 is 15.4 Å². The van der Waals surface area contributed by atoms with Crippen LogP contribution in [0.1, 0.15) is 51.0 Å². The summed E-state index contributed by atoms with van der Waals surface area (Å²) in [5.74, 6) is 1.48. The van der Waals surface area contributed by atoms with Crippen LogP contribution in [0.4, 0.5) is 0 Å². The molecule has 28 heavy (non-hydrogen) atoms. The van der Waals surface area contributed by atoms with Crippen LogP contribution in [0.3, 0.4) is 0 Å². The number of nitrogens with zero attached hydrogens (tertiary/aromatic N) is 1. The number of aliphatic imine (C=N–C) groups is 1. The fraction of sp³-hybridized carbons (Fsp3) is 0.667. The third-order valence-electron chi connectivity index (χ3n) is 4.81. The molecule has 0 radical (unpaired) electrons. The minimum absolute atomic E-state index is 0. The van der Waals surface area contributed by atoms with Crippen molar-refractivity contribution in [1.82, 2.24) is 10.6 Å². The van der Waals surface area contributed by atoms with Gasteiger partial charge >= 0.3 is 0 Å². The van der Waals surface area contributed by atoms with E-state index in [0.717, 1.165) is 31.0 Å². The van der Waals surface area contributed by atoms with E-state index in [1.807, 2.05) is 12.1 Å². The highest BCUT2D eigenvalue weighted by Gasteiger charge is 2.12. The lowest BCUT2D eigenvalue weighted by Gasteiger charge is -2.15. The van der Waals surface area contributed by atoms with Crippen molar-refractivity contribution >= 4 is 29.9 Å². The van der Waals surface area contributed by atoms with Crippen molar-refractivity contribution in [3.05, 3.63) is 23.8 Å². The number of halogens is 1. The highest BCUT2D eigenvalue weighted by atomic mass is 127. The first-order chi connectivity index (χ1) is 13.2. The molecule has 0 bridgehead atoms. The number of guanidine groups is 1. The third-order valence-corrected chi connectivity index (χ3v) is 4.81. The van der Waals surface area contributed by atoms with E-state index in [2.05, 4.69) is 22.5 Å². The van der Waals surface area contributed by atoms with E-state index >= 15 is 0 Å². The lowest BCUT2D eigenvalue weighted by atomic mass is 10.1. The van der Waals surface area contributed by atoms with Gasteiger partial charge in [0.25, 0.3) is 0 Å². The van der Waals surface area contributed by atoms with Gasteiger partial charge in [0.1, 0.15) is 0 Å². The molecule has 1 aliphatic carbocycles. The molecular formula is C21H36IN3O3. The summed E-state index contributed by atoms with van der Waals surface area (Å²) in [7, 11) is 1.56. The van der Waals surface area contributed by atoms with Crippen molar-refractivity contribution in [3.8, 4) is 11.5 Å². The second-order valence-corrected chi connectivity index (χ2v) is 6.93. The predicted octanol–water partition coefficient (Wildman–Crippen LogP) is 3.86. The second kappa shape index (κ2) is 14.7. The van der Waals surface area contributed by atoms with Crippen LogP contribution in [-0.4, -0.2) is 50.5 Å². The number of benzene rings is 1. The largest absolute Gasteiger partial charge is 0.504 e. The molecular weight excluding hydrogens is 469 g/mol. The van der Waals surface area contributed by atoms with E-state index in [0.29, 0.717) is 25.0 Å². The second-order valence-electron chi connectivity index (χ2n) is 6.93. The first-order valence-corrected chi connectivity index (χ1v) is 10.2. The van der Waals surface area contributed by atoms with E-state index in [4.69, 9.17) is 9.47 Å². The molecule has 0 aromatic heterocycles. The summed E-state index contributed by atoms with van der Waals surface area (Å²) in [6.07, 6.45) is 8.90. The molecule has 0 amide bonds. The number of ether oxygens (including phenoxy) is 2. The molecule has 0 heterocycles. The van der Waals surface area contributed by atoms with Crippen LogP contribution >= 0.6 is 24.0 Å². The van der Waals surface area contributed by atoms with Crippen molar-refractivity contribution in [2.24, 2.45) is 4.99 Å². The lowest BCUT2D eigenvalue weighted by molar-refractivity contribution is 0.0487. The standard InChI is InChI=1S/C21H35N3O3.HI/c1-3-22-21(24-14-15-27-18-8-6-4-5-7-9-18)23-13-12-17-10-11-19(25)20(16-17)26-2;/h10-11,16,18,25H,3-9,12-15H2,1-2H3,(H2,22,23,24);1H. The molecule has 1 aliphatic rings. The Kier molecular flexibility index (Phi) is 13.1. The maximum atomic E-state index is 9.67. The van der Waals surface area contributed by atoms with Crippen LogP contribution in [0.25, 0.3) is 0 Å². The molecule has 0 aliphatic heterocycles. The molecule has 1 aromatic rings. The van der Waals surface area contributed by atoms with Crippen molar-refractivity contribution in [2.45, 2.75) is 58.0 Å². The maximum Gasteiger partial charge on any atom is 0.191 e. The average Bonchev–Trinajstić information content (AvgIpc) is 2.95. The van der Waals surface area contributed by atoms with Crippen LogP contribution in [0.2, 0.25) is 0 Å². The average molecular weight is 505 g/mol. The van der Waals surface area contributed by atoms with Gasteiger partial charge in [-0.1, -0.05) is 31.7 Å². The number of nitrogens with one attached hydrogen (secondary N) is 2. The number of hydrogen-bond acceptors (Lipinski definition) is 4. The Morgan fingerprint density at radius 2 is 1.93 bits per heavy atom. The van der Waals surface area contributed by atoms with Gasteiger partial charge in [0.2, 0.25) is 0 Å². The highest BCUT2D eigenvalue weighted by molar-refractivity contribution is 14.0. The Hall–Kier alpha value is -1.22. The Morgan fingerprint density at radius 1 is 1.18 bits per heavy atom. The summed E-state index contributed by atoms with van der Waals surface area (Å²) in [4.78, 5) is 4.61. The quantitative estimate of drug-likeness (QED) is 0.156. The van der Waals surface area contributed by atoms with E-state index in [1.165, 1.54) is 38.5 Å². The molecule has 1 aromatic carbocycles. The Balaban J connectivity index is 0.00000392. The molecule has 0 atom stereocenters. The van der Waals surface area contributed by atoms with Gasteiger partial charge in [-0.05, 0) is 43.9 Å². The number of phenolic OH excluding ortho intramolecular Hbond substituents is 1. The molecule has 160 valence electrons. The van der Waals surface area contributed by atoms with Crippen molar-refractivity contribution in [2.75, 3.05) is 33.4 Å². The zero-order chi connectivity index (χ0) is 19.3. The smallest absolute Gasteiger partial charge is 0.191 e. The van der Waals surface area contributed by atoms with Gasteiger partial charge in [0.05, 0.1) is 26.4 Å². The first-order valence-electron chi connectivity index (χ1n) is 10.2. The summed E-state index contributed by atoms with van der Waals surface area (Å²) in [6.45, 7) is 4.98. The molecule has 2 rings (SSSR count). The number of hydrogen-bond donors (Lipinski definition) is 3. The first kappa shape index (κ1) is 24.8. The fourth-order valence-corrected chi connectivity index (χ4v) is 3.33.